The second-order valence-electron chi connectivity index (χ2n) is 6.15. The molecule has 0 spiro atoms. The fourth-order valence-corrected chi connectivity index (χ4v) is 3.18. The van der Waals surface area contributed by atoms with Crippen molar-refractivity contribution in [2.45, 2.75) is 13.1 Å². The maximum atomic E-state index is 8.84. The van der Waals surface area contributed by atoms with E-state index in [1.54, 1.807) is 9.80 Å². The minimum atomic E-state index is 0.746. The third kappa shape index (κ3) is 3.94. The van der Waals surface area contributed by atoms with Gasteiger partial charge in [0.1, 0.15) is 39.3 Å². The Bertz CT molecular complexity index is 620. The van der Waals surface area contributed by atoms with Crippen LogP contribution in [0.5, 0.6) is 0 Å². The zero-order chi connectivity index (χ0) is 15.2. The molecule has 2 N–H and O–H groups in total. The van der Waals surface area contributed by atoms with Crippen molar-refractivity contribution < 1.29 is 9.80 Å². The zero-order valence-electron chi connectivity index (χ0n) is 12.9. The summed E-state index contributed by atoms with van der Waals surface area (Å²) in [7, 11) is 0. The number of quaternary nitrogens is 2. The lowest BCUT2D eigenvalue weighted by molar-refractivity contribution is -1.02. The molecule has 1 saturated heterocycles. The van der Waals surface area contributed by atoms with E-state index in [1.165, 1.54) is 37.3 Å². The summed E-state index contributed by atoms with van der Waals surface area (Å²) in [5, 5.41) is 8.84. The van der Waals surface area contributed by atoms with Gasteiger partial charge in [-0.1, -0.05) is 42.5 Å². The fourth-order valence-electron chi connectivity index (χ4n) is 3.18. The van der Waals surface area contributed by atoms with Crippen LogP contribution < -0.4 is 9.80 Å². The molecule has 3 rings (SSSR count). The predicted octanol–water partition coefficient (Wildman–Crippen LogP) is 0.0419. The Balaban J connectivity index is 1.48. The van der Waals surface area contributed by atoms with Gasteiger partial charge in [-0.2, -0.15) is 5.26 Å². The highest BCUT2D eigenvalue weighted by Crippen LogP contribution is 2.01. The van der Waals surface area contributed by atoms with Gasteiger partial charge >= 0.3 is 0 Å². The number of rotatable bonds is 4. The van der Waals surface area contributed by atoms with Crippen molar-refractivity contribution in [3.8, 4) is 6.07 Å². The Morgan fingerprint density at radius 2 is 1.23 bits per heavy atom. The van der Waals surface area contributed by atoms with Gasteiger partial charge < -0.3 is 9.80 Å². The molecule has 0 bridgehead atoms. The molecule has 1 aliphatic heterocycles. The summed E-state index contributed by atoms with van der Waals surface area (Å²) in [6.07, 6.45) is 0. The monoisotopic (exact) mass is 293 g/mol. The Hall–Kier alpha value is -2.15. The Labute approximate surface area is 132 Å². The third-order valence-electron chi connectivity index (χ3n) is 4.50. The van der Waals surface area contributed by atoms with Crippen LogP contribution in [-0.2, 0) is 13.1 Å². The number of nitriles is 1. The number of hydrogen-bond acceptors (Lipinski definition) is 1. The molecule has 3 heteroatoms. The number of benzene rings is 2. The molecule has 2 aromatic rings. The maximum Gasteiger partial charge on any atom is 0.127 e. The van der Waals surface area contributed by atoms with Crippen molar-refractivity contribution in [2.75, 3.05) is 26.2 Å². The molecule has 2 aromatic carbocycles. The minimum absolute atomic E-state index is 0.746. The molecule has 22 heavy (non-hydrogen) atoms. The van der Waals surface area contributed by atoms with Crippen molar-refractivity contribution in [1.29, 1.82) is 5.26 Å². The van der Waals surface area contributed by atoms with Crippen molar-refractivity contribution in [1.82, 2.24) is 0 Å². The molecule has 0 saturated carbocycles. The van der Waals surface area contributed by atoms with Gasteiger partial charge in [0.15, 0.2) is 0 Å². The second-order valence-corrected chi connectivity index (χ2v) is 6.15. The van der Waals surface area contributed by atoms with Gasteiger partial charge in [0.05, 0.1) is 11.6 Å². The zero-order valence-corrected chi connectivity index (χ0v) is 12.9. The van der Waals surface area contributed by atoms with Crippen LogP contribution in [-0.4, -0.2) is 26.2 Å². The van der Waals surface area contributed by atoms with E-state index in [2.05, 4.69) is 48.5 Å². The van der Waals surface area contributed by atoms with E-state index >= 15 is 0 Å². The lowest BCUT2D eigenvalue weighted by atomic mass is 10.1. The van der Waals surface area contributed by atoms with Gasteiger partial charge in [-0.3, -0.25) is 0 Å². The highest BCUT2D eigenvalue weighted by molar-refractivity contribution is 5.31. The molecule has 0 amide bonds. The normalized spacial score (nSPS) is 21.2. The van der Waals surface area contributed by atoms with Crippen LogP contribution in [0.3, 0.4) is 0 Å². The number of hydrogen-bond donors (Lipinski definition) is 2. The minimum Gasteiger partial charge on any atom is -0.322 e. The maximum absolute atomic E-state index is 8.84. The lowest BCUT2D eigenvalue weighted by Gasteiger charge is -2.29. The first-order valence-electron chi connectivity index (χ1n) is 8.03. The average Bonchev–Trinajstić information content (AvgIpc) is 2.58. The molecule has 0 atom stereocenters. The summed E-state index contributed by atoms with van der Waals surface area (Å²) in [4.78, 5) is 3.34. The van der Waals surface area contributed by atoms with Crippen molar-refractivity contribution >= 4 is 0 Å². The van der Waals surface area contributed by atoms with Gasteiger partial charge in [0.25, 0.3) is 0 Å². The average molecular weight is 293 g/mol. The Morgan fingerprint density at radius 1 is 0.727 bits per heavy atom. The molecule has 1 heterocycles. The van der Waals surface area contributed by atoms with Gasteiger partial charge in [0.2, 0.25) is 0 Å². The van der Waals surface area contributed by atoms with Crippen LogP contribution in [0, 0.1) is 11.3 Å². The number of nitrogens with one attached hydrogen (secondary N) is 2. The summed E-state index contributed by atoms with van der Waals surface area (Å²) in [5.41, 5.74) is 3.52. The van der Waals surface area contributed by atoms with Crippen LogP contribution in [0.2, 0.25) is 0 Å². The molecule has 112 valence electrons. The van der Waals surface area contributed by atoms with Crippen molar-refractivity contribution in [3.05, 3.63) is 71.3 Å². The van der Waals surface area contributed by atoms with E-state index < -0.39 is 0 Å². The molecule has 0 radical (unpaired) electrons. The summed E-state index contributed by atoms with van der Waals surface area (Å²) in [6.45, 7) is 7.14. The van der Waals surface area contributed by atoms with E-state index in [0.29, 0.717) is 0 Å². The first kappa shape index (κ1) is 14.8. The quantitative estimate of drug-likeness (QED) is 0.820. The van der Waals surface area contributed by atoms with Gasteiger partial charge in [-0.25, -0.2) is 0 Å². The highest BCUT2D eigenvalue weighted by atomic mass is 15.3. The van der Waals surface area contributed by atoms with Crippen LogP contribution in [0.25, 0.3) is 0 Å². The smallest absolute Gasteiger partial charge is 0.127 e. The van der Waals surface area contributed by atoms with E-state index in [9.17, 15) is 0 Å². The lowest BCUT2D eigenvalue weighted by Crippen LogP contribution is -3.27. The standard InChI is InChI=1S/C19H21N3/c20-14-17-6-8-19(9-7-17)16-22-12-10-21(11-13-22)15-18-4-2-1-3-5-18/h1-9H,10-13,15-16H2/p+2. The van der Waals surface area contributed by atoms with Crippen molar-refractivity contribution in [3.63, 3.8) is 0 Å². The second kappa shape index (κ2) is 7.22. The molecule has 1 aliphatic rings. The SMILES string of the molecule is N#Cc1ccc(C[NH+]2CC[NH+](Cc3ccccc3)CC2)cc1. The third-order valence-corrected chi connectivity index (χ3v) is 4.50. The summed E-state index contributed by atoms with van der Waals surface area (Å²) in [5.74, 6) is 0. The van der Waals surface area contributed by atoms with E-state index in [4.69, 9.17) is 5.26 Å². The highest BCUT2D eigenvalue weighted by Gasteiger charge is 2.22. The van der Waals surface area contributed by atoms with Gasteiger partial charge in [0, 0.05) is 11.1 Å². The molecule has 0 aliphatic carbocycles. The Morgan fingerprint density at radius 3 is 1.73 bits per heavy atom. The molecular weight excluding hydrogens is 270 g/mol. The van der Waals surface area contributed by atoms with Crippen LogP contribution in [0.15, 0.2) is 54.6 Å². The summed E-state index contributed by atoms with van der Waals surface area (Å²) in [6, 6.07) is 21.0. The van der Waals surface area contributed by atoms with E-state index in [0.717, 1.165) is 18.7 Å². The largest absolute Gasteiger partial charge is 0.322 e. The number of nitrogens with zero attached hydrogens (tertiary/aromatic N) is 1. The topological polar surface area (TPSA) is 32.7 Å². The first-order valence-corrected chi connectivity index (χ1v) is 8.03. The van der Waals surface area contributed by atoms with Gasteiger partial charge in [-0.05, 0) is 12.1 Å². The molecule has 1 fully saturated rings. The summed E-state index contributed by atoms with van der Waals surface area (Å²) < 4.78 is 0. The molecule has 0 unspecified atom stereocenters. The summed E-state index contributed by atoms with van der Waals surface area (Å²) >= 11 is 0. The van der Waals surface area contributed by atoms with E-state index in [1.807, 2.05) is 12.1 Å². The van der Waals surface area contributed by atoms with E-state index in [-0.39, 0.29) is 0 Å². The van der Waals surface area contributed by atoms with Crippen LogP contribution in [0.1, 0.15) is 16.7 Å². The van der Waals surface area contributed by atoms with Crippen molar-refractivity contribution in [2.24, 2.45) is 0 Å². The van der Waals surface area contributed by atoms with Crippen LogP contribution in [0.4, 0.5) is 0 Å². The fraction of sp³-hybridized carbons (Fsp3) is 0.316. The predicted molar refractivity (Wildman–Crippen MR) is 86.4 cm³/mol. The van der Waals surface area contributed by atoms with Crippen LogP contribution >= 0.6 is 0 Å². The Kier molecular flexibility index (Phi) is 4.85. The van der Waals surface area contributed by atoms with Gasteiger partial charge in [-0.15, -0.1) is 0 Å². The molecule has 3 nitrogen and oxygen atoms in total. The molecular formula is C19H23N3+2. The number of piperazine rings is 1. The first-order chi connectivity index (χ1) is 10.8. The molecule has 0 aromatic heterocycles.